The van der Waals surface area contributed by atoms with E-state index in [2.05, 4.69) is 63.0 Å². The van der Waals surface area contributed by atoms with Crippen LogP contribution in [0.15, 0.2) is 28.9 Å². The van der Waals surface area contributed by atoms with Crippen molar-refractivity contribution in [1.82, 2.24) is 9.55 Å². The second-order valence-corrected chi connectivity index (χ2v) is 5.75. The van der Waals surface area contributed by atoms with Crippen LogP contribution in [0.3, 0.4) is 0 Å². The van der Waals surface area contributed by atoms with Crippen LogP contribution < -0.4 is 5.32 Å². The van der Waals surface area contributed by atoms with Crippen molar-refractivity contribution in [2.45, 2.75) is 40.2 Å². The number of hydrogen-bond acceptors (Lipinski definition) is 2. The van der Waals surface area contributed by atoms with Crippen LogP contribution in [0.4, 0.5) is 11.6 Å². The van der Waals surface area contributed by atoms with Gasteiger partial charge in [0.15, 0.2) is 0 Å². The number of unbranched alkanes of at least 4 members (excludes halogenated alkanes) is 1. The van der Waals surface area contributed by atoms with Crippen molar-refractivity contribution in [2.75, 3.05) is 5.32 Å². The number of anilines is 2. The molecule has 1 aromatic carbocycles. The Balaban J connectivity index is 2.22. The van der Waals surface area contributed by atoms with E-state index in [9.17, 15) is 0 Å². The fraction of sp³-hybridized carbons (Fsp3) is 0.400. The summed E-state index contributed by atoms with van der Waals surface area (Å²) in [5, 5.41) is 3.43. The number of halogens is 1. The van der Waals surface area contributed by atoms with Gasteiger partial charge in [0.2, 0.25) is 5.95 Å². The van der Waals surface area contributed by atoms with Gasteiger partial charge < -0.3 is 9.88 Å². The fourth-order valence-electron chi connectivity index (χ4n) is 2.03. The maximum Gasteiger partial charge on any atom is 0.207 e. The van der Waals surface area contributed by atoms with Crippen molar-refractivity contribution in [3.63, 3.8) is 0 Å². The zero-order valence-electron chi connectivity index (χ0n) is 11.7. The Morgan fingerprint density at radius 3 is 2.79 bits per heavy atom. The zero-order chi connectivity index (χ0) is 13.8. The lowest BCUT2D eigenvalue weighted by Crippen LogP contribution is -2.04. The van der Waals surface area contributed by atoms with Gasteiger partial charge in [-0.3, -0.25) is 0 Å². The van der Waals surface area contributed by atoms with Crippen LogP contribution in [0.2, 0.25) is 0 Å². The van der Waals surface area contributed by atoms with Crippen LogP contribution in [0.1, 0.15) is 31.0 Å². The summed E-state index contributed by atoms with van der Waals surface area (Å²) in [5.74, 6) is 0.927. The highest BCUT2D eigenvalue weighted by molar-refractivity contribution is 9.10. The van der Waals surface area contributed by atoms with Crippen molar-refractivity contribution >= 4 is 27.6 Å². The van der Waals surface area contributed by atoms with E-state index < -0.39 is 0 Å². The summed E-state index contributed by atoms with van der Waals surface area (Å²) in [4.78, 5) is 4.56. The molecule has 3 nitrogen and oxygen atoms in total. The number of benzene rings is 1. The standard InChI is InChI=1S/C15H20BrN3/c1-4-5-8-19-10-12(3)17-15(19)18-14-7-6-13(16)9-11(14)2/h6-7,9-10H,4-5,8H2,1-3H3,(H,17,18). The SMILES string of the molecule is CCCCn1cc(C)nc1Nc1ccc(Br)cc1C. The van der Waals surface area contributed by atoms with Crippen LogP contribution >= 0.6 is 15.9 Å². The number of aryl methyl sites for hydroxylation is 3. The van der Waals surface area contributed by atoms with Crippen molar-refractivity contribution < 1.29 is 0 Å². The molecule has 0 radical (unpaired) electrons. The van der Waals surface area contributed by atoms with E-state index in [4.69, 9.17) is 0 Å². The minimum Gasteiger partial charge on any atom is -0.325 e. The molecule has 0 amide bonds. The molecule has 1 aromatic heterocycles. The third-order valence-electron chi connectivity index (χ3n) is 3.08. The number of rotatable bonds is 5. The summed E-state index contributed by atoms with van der Waals surface area (Å²) in [6.45, 7) is 7.34. The molecule has 0 spiro atoms. The number of nitrogens with one attached hydrogen (secondary N) is 1. The molecule has 19 heavy (non-hydrogen) atoms. The summed E-state index contributed by atoms with van der Waals surface area (Å²) in [7, 11) is 0. The molecule has 0 saturated carbocycles. The van der Waals surface area contributed by atoms with Gasteiger partial charge in [-0.15, -0.1) is 0 Å². The molecular weight excluding hydrogens is 302 g/mol. The minimum atomic E-state index is 0.927. The molecule has 102 valence electrons. The summed E-state index contributed by atoms with van der Waals surface area (Å²) in [6.07, 6.45) is 4.46. The molecule has 0 aliphatic heterocycles. The highest BCUT2D eigenvalue weighted by Gasteiger charge is 2.07. The monoisotopic (exact) mass is 321 g/mol. The molecule has 0 unspecified atom stereocenters. The molecule has 0 aliphatic rings. The molecular formula is C15H20BrN3. The normalized spacial score (nSPS) is 10.7. The van der Waals surface area contributed by atoms with E-state index in [1.54, 1.807) is 0 Å². The Labute approximate surface area is 123 Å². The van der Waals surface area contributed by atoms with Crippen LogP contribution in [0, 0.1) is 13.8 Å². The largest absolute Gasteiger partial charge is 0.325 e. The lowest BCUT2D eigenvalue weighted by Gasteiger charge is -2.11. The quantitative estimate of drug-likeness (QED) is 0.856. The topological polar surface area (TPSA) is 29.9 Å². The predicted molar refractivity (Wildman–Crippen MR) is 84.0 cm³/mol. The van der Waals surface area contributed by atoms with Crippen molar-refractivity contribution in [3.05, 3.63) is 40.1 Å². The Bertz CT molecular complexity index is 561. The molecule has 0 atom stereocenters. The zero-order valence-corrected chi connectivity index (χ0v) is 13.3. The lowest BCUT2D eigenvalue weighted by molar-refractivity contribution is 0.637. The van der Waals surface area contributed by atoms with Gasteiger partial charge in [-0.2, -0.15) is 0 Å². The van der Waals surface area contributed by atoms with E-state index >= 15 is 0 Å². The maximum atomic E-state index is 4.56. The second kappa shape index (κ2) is 6.24. The van der Waals surface area contributed by atoms with E-state index in [0.29, 0.717) is 0 Å². The molecule has 0 bridgehead atoms. The van der Waals surface area contributed by atoms with Gasteiger partial charge in [0, 0.05) is 22.9 Å². The first-order chi connectivity index (χ1) is 9.10. The number of nitrogens with zero attached hydrogens (tertiary/aromatic N) is 2. The van der Waals surface area contributed by atoms with Crippen molar-refractivity contribution in [1.29, 1.82) is 0 Å². The molecule has 1 heterocycles. The van der Waals surface area contributed by atoms with Crippen molar-refractivity contribution in [3.8, 4) is 0 Å². The Morgan fingerprint density at radius 1 is 1.32 bits per heavy atom. The third kappa shape index (κ3) is 3.60. The molecule has 0 fully saturated rings. The third-order valence-corrected chi connectivity index (χ3v) is 3.58. The summed E-state index contributed by atoms with van der Waals surface area (Å²) >= 11 is 3.49. The summed E-state index contributed by atoms with van der Waals surface area (Å²) in [5.41, 5.74) is 3.36. The Kier molecular flexibility index (Phi) is 4.64. The Hall–Kier alpha value is -1.29. The first-order valence-electron chi connectivity index (χ1n) is 6.67. The average molecular weight is 322 g/mol. The number of hydrogen-bond donors (Lipinski definition) is 1. The number of imidazole rings is 1. The van der Waals surface area contributed by atoms with Crippen LogP contribution in [-0.4, -0.2) is 9.55 Å². The smallest absolute Gasteiger partial charge is 0.207 e. The Morgan fingerprint density at radius 2 is 2.11 bits per heavy atom. The van der Waals surface area contributed by atoms with Gasteiger partial charge in [-0.05, 0) is 44.0 Å². The number of aromatic nitrogens is 2. The van der Waals surface area contributed by atoms with Gasteiger partial charge in [0.05, 0.1) is 5.69 Å². The average Bonchev–Trinajstić information content (AvgIpc) is 2.70. The van der Waals surface area contributed by atoms with Gasteiger partial charge in [0.25, 0.3) is 0 Å². The van der Waals surface area contributed by atoms with Crippen LogP contribution in [0.25, 0.3) is 0 Å². The highest BCUT2D eigenvalue weighted by atomic mass is 79.9. The van der Waals surface area contributed by atoms with Gasteiger partial charge in [-0.1, -0.05) is 29.3 Å². The van der Waals surface area contributed by atoms with Crippen LogP contribution in [0.5, 0.6) is 0 Å². The maximum absolute atomic E-state index is 4.56. The predicted octanol–water partition coefficient (Wildman–Crippen LogP) is 4.81. The van der Waals surface area contributed by atoms with Crippen molar-refractivity contribution in [2.24, 2.45) is 0 Å². The second-order valence-electron chi connectivity index (χ2n) is 4.84. The van der Waals surface area contributed by atoms with Gasteiger partial charge >= 0.3 is 0 Å². The first kappa shape index (κ1) is 14.1. The highest BCUT2D eigenvalue weighted by Crippen LogP contribution is 2.23. The molecule has 0 saturated heterocycles. The fourth-order valence-corrected chi connectivity index (χ4v) is 2.51. The van der Waals surface area contributed by atoms with E-state index in [1.807, 2.05) is 13.0 Å². The van der Waals surface area contributed by atoms with E-state index in [-0.39, 0.29) is 0 Å². The molecule has 4 heteroatoms. The van der Waals surface area contributed by atoms with Gasteiger partial charge in [-0.25, -0.2) is 4.98 Å². The molecule has 2 rings (SSSR count). The molecule has 0 aliphatic carbocycles. The van der Waals surface area contributed by atoms with E-state index in [1.165, 1.54) is 18.4 Å². The van der Waals surface area contributed by atoms with E-state index in [0.717, 1.165) is 28.3 Å². The van der Waals surface area contributed by atoms with Gasteiger partial charge in [0.1, 0.15) is 0 Å². The summed E-state index contributed by atoms with van der Waals surface area (Å²) in [6, 6.07) is 6.23. The lowest BCUT2D eigenvalue weighted by atomic mass is 10.2. The van der Waals surface area contributed by atoms with Crippen LogP contribution in [-0.2, 0) is 6.54 Å². The first-order valence-corrected chi connectivity index (χ1v) is 7.46. The summed E-state index contributed by atoms with van der Waals surface area (Å²) < 4.78 is 3.29. The minimum absolute atomic E-state index is 0.927. The molecule has 1 N–H and O–H groups in total. The molecule has 2 aromatic rings.